The SMILES string of the molecule is COc1ccccc1N1CCN(S(=O)(=O)c2ccc(NC(=O)c3ccccc3Oc3ccccc3)cc2)CC1. The van der Waals surface area contributed by atoms with E-state index in [0.717, 1.165) is 11.4 Å². The van der Waals surface area contributed by atoms with Crippen LogP contribution in [-0.4, -0.2) is 51.9 Å². The second kappa shape index (κ2) is 11.6. The monoisotopic (exact) mass is 543 g/mol. The van der Waals surface area contributed by atoms with E-state index >= 15 is 0 Å². The summed E-state index contributed by atoms with van der Waals surface area (Å²) in [7, 11) is -2.05. The Labute approximate surface area is 228 Å². The fraction of sp³-hybridized carbons (Fsp3) is 0.167. The molecule has 0 saturated carbocycles. The number of ether oxygens (including phenoxy) is 2. The Kier molecular flexibility index (Phi) is 7.81. The van der Waals surface area contributed by atoms with Crippen LogP contribution in [0.4, 0.5) is 11.4 Å². The molecule has 1 amide bonds. The van der Waals surface area contributed by atoms with E-state index in [-0.39, 0.29) is 10.8 Å². The van der Waals surface area contributed by atoms with Crippen LogP contribution in [0.1, 0.15) is 10.4 Å². The van der Waals surface area contributed by atoms with E-state index in [1.165, 1.54) is 16.4 Å². The predicted molar refractivity (Wildman–Crippen MR) is 151 cm³/mol. The normalized spacial score (nSPS) is 14.0. The van der Waals surface area contributed by atoms with Gasteiger partial charge < -0.3 is 19.7 Å². The van der Waals surface area contributed by atoms with E-state index in [4.69, 9.17) is 9.47 Å². The number of hydrogen-bond donors (Lipinski definition) is 1. The van der Waals surface area contributed by atoms with Crippen molar-refractivity contribution in [2.75, 3.05) is 43.5 Å². The number of benzene rings is 4. The van der Waals surface area contributed by atoms with Crippen molar-refractivity contribution in [3.8, 4) is 17.2 Å². The summed E-state index contributed by atoms with van der Waals surface area (Å²) in [6.07, 6.45) is 0. The number of amides is 1. The zero-order valence-electron chi connectivity index (χ0n) is 21.5. The number of carbonyl (C=O) groups excluding carboxylic acids is 1. The van der Waals surface area contributed by atoms with E-state index in [9.17, 15) is 13.2 Å². The fourth-order valence-electron chi connectivity index (χ4n) is 4.48. The summed E-state index contributed by atoms with van der Waals surface area (Å²) in [4.78, 5) is 15.3. The van der Waals surface area contributed by atoms with Gasteiger partial charge in [-0.15, -0.1) is 0 Å². The largest absolute Gasteiger partial charge is 0.495 e. The number of sulfonamides is 1. The van der Waals surface area contributed by atoms with Crippen LogP contribution in [0, 0.1) is 0 Å². The van der Waals surface area contributed by atoms with Crippen molar-refractivity contribution in [2.24, 2.45) is 0 Å². The molecule has 0 bridgehead atoms. The second-order valence-electron chi connectivity index (χ2n) is 8.95. The molecule has 1 fully saturated rings. The van der Waals surface area contributed by atoms with E-state index in [0.29, 0.717) is 48.9 Å². The van der Waals surface area contributed by atoms with Crippen molar-refractivity contribution in [1.29, 1.82) is 0 Å². The van der Waals surface area contributed by atoms with Gasteiger partial charge in [-0.2, -0.15) is 4.31 Å². The third-order valence-corrected chi connectivity index (χ3v) is 8.43. The topological polar surface area (TPSA) is 88.2 Å². The molecule has 0 unspecified atom stereocenters. The van der Waals surface area contributed by atoms with Crippen LogP contribution in [0.5, 0.6) is 17.2 Å². The number of piperazine rings is 1. The van der Waals surface area contributed by atoms with Gasteiger partial charge in [-0.05, 0) is 60.7 Å². The lowest BCUT2D eigenvalue weighted by molar-refractivity contribution is 0.102. The summed E-state index contributed by atoms with van der Waals surface area (Å²) in [5.41, 5.74) is 1.80. The number of anilines is 2. The Bertz CT molecular complexity index is 1530. The van der Waals surface area contributed by atoms with Gasteiger partial charge in [0.25, 0.3) is 5.91 Å². The highest BCUT2D eigenvalue weighted by atomic mass is 32.2. The second-order valence-corrected chi connectivity index (χ2v) is 10.9. The molecule has 0 aliphatic carbocycles. The number of para-hydroxylation sites is 4. The standard InChI is InChI=1S/C30H29N3O5S/c1-37-29-14-8-6-12-27(29)32-19-21-33(22-20-32)39(35,36)25-17-15-23(16-18-25)31-30(34)26-11-5-7-13-28(26)38-24-9-3-2-4-10-24/h2-18H,19-22H2,1H3,(H,31,34). The zero-order valence-corrected chi connectivity index (χ0v) is 22.3. The van der Waals surface area contributed by atoms with Crippen molar-refractivity contribution in [3.05, 3.63) is 109 Å². The number of methoxy groups -OCH3 is 1. The first-order valence-electron chi connectivity index (χ1n) is 12.6. The molecule has 0 atom stereocenters. The van der Waals surface area contributed by atoms with Gasteiger partial charge in [-0.1, -0.05) is 42.5 Å². The van der Waals surface area contributed by atoms with E-state index in [1.807, 2.05) is 54.6 Å². The molecular formula is C30H29N3O5S. The lowest BCUT2D eigenvalue weighted by Crippen LogP contribution is -2.48. The average molecular weight is 544 g/mol. The Morgan fingerprint density at radius 1 is 0.744 bits per heavy atom. The number of nitrogens with zero attached hydrogens (tertiary/aromatic N) is 2. The maximum atomic E-state index is 13.3. The van der Waals surface area contributed by atoms with E-state index in [1.54, 1.807) is 43.5 Å². The van der Waals surface area contributed by atoms with Gasteiger partial charge in [-0.25, -0.2) is 8.42 Å². The molecule has 8 nitrogen and oxygen atoms in total. The maximum absolute atomic E-state index is 13.3. The highest BCUT2D eigenvalue weighted by Gasteiger charge is 2.29. The van der Waals surface area contributed by atoms with Gasteiger partial charge in [0, 0.05) is 31.9 Å². The van der Waals surface area contributed by atoms with Crippen LogP contribution in [0.15, 0.2) is 108 Å². The molecule has 200 valence electrons. The Morgan fingerprint density at radius 2 is 1.36 bits per heavy atom. The Hall–Kier alpha value is -4.34. The number of nitrogens with one attached hydrogen (secondary N) is 1. The summed E-state index contributed by atoms with van der Waals surface area (Å²) < 4.78 is 39.4. The quantitative estimate of drug-likeness (QED) is 0.327. The van der Waals surface area contributed by atoms with Gasteiger partial charge >= 0.3 is 0 Å². The van der Waals surface area contributed by atoms with Crippen LogP contribution < -0.4 is 19.7 Å². The van der Waals surface area contributed by atoms with Crippen LogP contribution in [-0.2, 0) is 10.0 Å². The number of rotatable bonds is 8. The van der Waals surface area contributed by atoms with Crippen molar-refractivity contribution in [2.45, 2.75) is 4.90 Å². The van der Waals surface area contributed by atoms with E-state index < -0.39 is 10.0 Å². The Morgan fingerprint density at radius 3 is 2.05 bits per heavy atom. The van der Waals surface area contributed by atoms with Gasteiger partial charge in [0.2, 0.25) is 10.0 Å². The third-order valence-electron chi connectivity index (χ3n) is 6.52. The summed E-state index contributed by atoms with van der Waals surface area (Å²) in [6, 6.07) is 30.1. The molecule has 0 spiro atoms. The van der Waals surface area contributed by atoms with Gasteiger partial charge in [0.15, 0.2) is 0 Å². The van der Waals surface area contributed by atoms with Crippen molar-refractivity contribution < 1.29 is 22.7 Å². The molecule has 1 aliphatic rings. The molecule has 5 rings (SSSR count). The Balaban J connectivity index is 1.24. The number of carbonyl (C=O) groups is 1. The molecule has 4 aromatic carbocycles. The lowest BCUT2D eigenvalue weighted by Gasteiger charge is -2.35. The van der Waals surface area contributed by atoms with Gasteiger partial charge in [0.1, 0.15) is 17.2 Å². The third kappa shape index (κ3) is 5.89. The minimum Gasteiger partial charge on any atom is -0.495 e. The first-order valence-corrected chi connectivity index (χ1v) is 14.0. The minimum absolute atomic E-state index is 0.180. The average Bonchev–Trinajstić information content (AvgIpc) is 2.98. The van der Waals surface area contributed by atoms with Crippen LogP contribution in [0.2, 0.25) is 0 Å². The molecule has 1 saturated heterocycles. The molecule has 4 aromatic rings. The molecule has 1 aliphatic heterocycles. The first kappa shape index (κ1) is 26.3. The van der Waals surface area contributed by atoms with Gasteiger partial charge in [-0.3, -0.25) is 4.79 Å². The van der Waals surface area contributed by atoms with Gasteiger partial charge in [0.05, 0.1) is 23.3 Å². The van der Waals surface area contributed by atoms with Crippen LogP contribution in [0.3, 0.4) is 0 Å². The first-order chi connectivity index (χ1) is 19.0. The van der Waals surface area contributed by atoms with Crippen molar-refractivity contribution in [3.63, 3.8) is 0 Å². The maximum Gasteiger partial charge on any atom is 0.259 e. The highest BCUT2D eigenvalue weighted by molar-refractivity contribution is 7.89. The molecule has 0 radical (unpaired) electrons. The van der Waals surface area contributed by atoms with Crippen LogP contribution >= 0.6 is 0 Å². The van der Waals surface area contributed by atoms with Crippen LogP contribution in [0.25, 0.3) is 0 Å². The van der Waals surface area contributed by atoms with E-state index in [2.05, 4.69) is 10.2 Å². The summed E-state index contributed by atoms with van der Waals surface area (Å²) >= 11 is 0. The van der Waals surface area contributed by atoms with Crippen molar-refractivity contribution >= 4 is 27.3 Å². The molecule has 0 aromatic heterocycles. The minimum atomic E-state index is -3.68. The zero-order chi connectivity index (χ0) is 27.2. The molecule has 1 heterocycles. The smallest absolute Gasteiger partial charge is 0.259 e. The summed E-state index contributed by atoms with van der Waals surface area (Å²) in [6.45, 7) is 1.82. The molecular weight excluding hydrogens is 514 g/mol. The molecule has 9 heteroatoms. The summed E-state index contributed by atoms with van der Waals surface area (Å²) in [5, 5.41) is 2.83. The predicted octanol–water partition coefficient (Wildman–Crippen LogP) is 5.25. The molecule has 1 N–H and O–H groups in total. The lowest BCUT2D eigenvalue weighted by atomic mass is 10.2. The summed E-state index contributed by atoms with van der Waals surface area (Å²) in [5.74, 6) is 1.45. The number of hydrogen-bond acceptors (Lipinski definition) is 6. The van der Waals surface area contributed by atoms with Crippen molar-refractivity contribution in [1.82, 2.24) is 4.31 Å². The highest BCUT2D eigenvalue weighted by Crippen LogP contribution is 2.30. The fourth-order valence-corrected chi connectivity index (χ4v) is 5.90. The molecule has 39 heavy (non-hydrogen) atoms.